The third-order valence-corrected chi connectivity index (χ3v) is 5.38. The fraction of sp³-hybridized carbons (Fsp3) is 0.333. The van der Waals surface area contributed by atoms with Gasteiger partial charge in [-0.25, -0.2) is 4.98 Å². The maximum atomic E-state index is 6.04. The van der Waals surface area contributed by atoms with Crippen molar-refractivity contribution in [1.82, 2.24) is 9.97 Å². The smallest absolute Gasteiger partial charge is 0.209 e. The largest absolute Gasteiger partial charge is 0.444 e. The number of nitrogens with zero attached hydrogens (tertiary/aromatic N) is 1. The molecule has 0 radical (unpaired) electrons. The molecule has 1 aliphatic heterocycles. The normalized spacial score (nSPS) is 16.2. The molecule has 0 spiro atoms. The molecule has 0 saturated heterocycles. The summed E-state index contributed by atoms with van der Waals surface area (Å²) in [5, 5.41) is 1.67. The Morgan fingerprint density at radius 1 is 1.29 bits per heavy atom. The van der Waals surface area contributed by atoms with Crippen molar-refractivity contribution in [2.45, 2.75) is 43.4 Å². The van der Waals surface area contributed by atoms with Crippen LogP contribution in [0.4, 0.5) is 0 Å². The summed E-state index contributed by atoms with van der Waals surface area (Å²) in [5.74, 6) is 1.79. The molecule has 1 aromatic carbocycles. The van der Waals surface area contributed by atoms with E-state index in [4.69, 9.17) is 21.4 Å². The maximum Gasteiger partial charge on any atom is 0.209 e. The average molecular weight is 358 g/mol. The van der Waals surface area contributed by atoms with Crippen LogP contribution in [0.25, 0.3) is 11.1 Å². The monoisotopic (exact) mass is 358 g/mol. The number of aromatic nitrogens is 2. The minimum atomic E-state index is -0.208. The molecule has 6 heteroatoms. The molecule has 24 heavy (non-hydrogen) atoms. The zero-order valence-electron chi connectivity index (χ0n) is 13.6. The van der Waals surface area contributed by atoms with Crippen LogP contribution in [-0.4, -0.2) is 15.6 Å². The first-order chi connectivity index (χ1) is 11.5. The van der Waals surface area contributed by atoms with Gasteiger partial charge >= 0.3 is 0 Å². The van der Waals surface area contributed by atoms with E-state index in [0.717, 1.165) is 34.0 Å². The third kappa shape index (κ3) is 3.01. The third-order valence-electron chi connectivity index (χ3n) is 4.14. The molecule has 4 nitrogen and oxygen atoms in total. The van der Waals surface area contributed by atoms with Gasteiger partial charge < -0.3 is 14.1 Å². The Hall–Kier alpha value is -1.63. The number of hydrogen-bond acceptors (Lipinski definition) is 5. The standard InChI is InChI=1S/C18H18N2O2S2/c1-18(2)8-13-12(9-21-18)14-15(22-13)19-17(20-16(14)23)24-10-11-6-4-3-5-7-11/h3-7H,8-10H2,1-2H3,(H,19,20,23). The van der Waals surface area contributed by atoms with E-state index >= 15 is 0 Å². The lowest BCUT2D eigenvalue weighted by Gasteiger charge is -2.28. The van der Waals surface area contributed by atoms with Crippen molar-refractivity contribution >= 4 is 35.1 Å². The number of ether oxygens (including phenoxy) is 1. The fourth-order valence-corrected chi connectivity index (χ4v) is 4.08. The molecule has 0 unspecified atom stereocenters. The van der Waals surface area contributed by atoms with Crippen molar-refractivity contribution in [1.29, 1.82) is 0 Å². The van der Waals surface area contributed by atoms with Crippen LogP contribution in [0.3, 0.4) is 0 Å². The number of benzene rings is 1. The Labute approximate surface area is 149 Å². The molecular weight excluding hydrogens is 340 g/mol. The molecule has 0 aliphatic carbocycles. The van der Waals surface area contributed by atoms with E-state index in [1.165, 1.54) is 5.56 Å². The van der Waals surface area contributed by atoms with Crippen molar-refractivity contribution in [3.05, 3.63) is 51.9 Å². The molecule has 3 heterocycles. The predicted octanol–water partition coefficient (Wildman–Crippen LogP) is 5.03. The number of furan rings is 1. The summed E-state index contributed by atoms with van der Waals surface area (Å²) in [6.07, 6.45) is 0.742. The lowest BCUT2D eigenvalue weighted by atomic mass is 9.97. The molecule has 3 aromatic rings. The summed E-state index contributed by atoms with van der Waals surface area (Å²) < 4.78 is 12.5. The van der Waals surface area contributed by atoms with Crippen LogP contribution in [0.2, 0.25) is 0 Å². The van der Waals surface area contributed by atoms with Gasteiger partial charge in [-0.05, 0) is 19.4 Å². The van der Waals surface area contributed by atoms with E-state index in [0.29, 0.717) is 17.0 Å². The van der Waals surface area contributed by atoms with Crippen LogP contribution in [-0.2, 0) is 23.5 Å². The molecule has 0 bridgehead atoms. The Kier molecular flexibility index (Phi) is 3.98. The van der Waals surface area contributed by atoms with Crippen LogP contribution in [0.5, 0.6) is 0 Å². The predicted molar refractivity (Wildman–Crippen MR) is 97.8 cm³/mol. The summed E-state index contributed by atoms with van der Waals surface area (Å²) >= 11 is 7.13. The topological polar surface area (TPSA) is 51.0 Å². The minimum absolute atomic E-state index is 0.208. The Morgan fingerprint density at radius 2 is 2.08 bits per heavy atom. The van der Waals surface area contributed by atoms with E-state index in [-0.39, 0.29) is 5.60 Å². The molecule has 0 amide bonds. The molecule has 1 aliphatic rings. The number of nitrogens with one attached hydrogen (secondary N) is 1. The van der Waals surface area contributed by atoms with E-state index < -0.39 is 0 Å². The van der Waals surface area contributed by atoms with Gasteiger partial charge in [-0.3, -0.25) is 0 Å². The van der Waals surface area contributed by atoms with Gasteiger partial charge in [0.1, 0.15) is 10.4 Å². The summed E-state index contributed by atoms with van der Waals surface area (Å²) in [5.41, 5.74) is 2.79. The second-order valence-corrected chi connectivity index (χ2v) is 7.91. The number of fused-ring (bicyclic) bond motifs is 3. The van der Waals surface area contributed by atoms with Crippen molar-refractivity contribution in [2.24, 2.45) is 0 Å². The van der Waals surface area contributed by atoms with Gasteiger partial charge in [0, 0.05) is 17.7 Å². The second-order valence-electron chi connectivity index (χ2n) is 6.55. The van der Waals surface area contributed by atoms with Crippen LogP contribution in [0.1, 0.15) is 30.7 Å². The van der Waals surface area contributed by atoms with E-state index in [1.54, 1.807) is 11.8 Å². The van der Waals surface area contributed by atoms with E-state index in [9.17, 15) is 0 Å². The highest BCUT2D eigenvalue weighted by molar-refractivity contribution is 7.98. The van der Waals surface area contributed by atoms with Gasteiger partial charge in [-0.15, -0.1) is 0 Å². The summed E-state index contributed by atoms with van der Waals surface area (Å²) in [7, 11) is 0. The molecule has 0 atom stereocenters. The number of aromatic amines is 1. The van der Waals surface area contributed by atoms with Gasteiger partial charge in [-0.2, -0.15) is 0 Å². The van der Waals surface area contributed by atoms with Gasteiger partial charge in [0.25, 0.3) is 0 Å². The molecule has 124 valence electrons. The zero-order valence-corrected chi connectivity index (χ0v) is 15.2. The van der Waals surface area contributed by atoms with Crippen molar-refractivity contribution in [3.8, 4) is 0 Å². The van der Waals surface area contributed by atoms with Gasteiger partial charge in [0.2, 0.25) is 5.71 Å². The second kappa shape index (κ2) is 6.02. The highest BCUT2D eigenvalue weighted by Crippen LogP contribution is 2.35. The minimum Gasteiger partial charge on any atom is -0.444 e. The first-order valence-electron chi connectivity index (χ1n) is 7.87. The zero-order chi connectivity index (χ0) is 16.7. The van der Waals surface area contributed by atoms with Crippen LogP contribution in [0.15, 0.2) is 39.9 Å². The van der Waals surface area contributed by atoms with Crippen LogP contribution in [0, 0.1) is 4.64 Å². The van der Waals surface area contributed by atoms with Crippen molar-refractivity contribution in [2.75, 3.05) is 0 Å². The first kappa shape index (κ1) is 15.9. The Bertz CT molecular complexity index is 945. The maximum absolute atomic E-state index is 6.04. The van der Waals surface area contributed by atoms with Gasteiger partial charge in [0.05, 0.1) is 17.6 Å². The van der Waals surface area contributed by atoms with Crippen molar-refractivity contribution in [3.63, 3.8) is 0 Å². The number of hydrogen-bond donors (Lipinski definition) is 1. The highest BCUT2D eigenvalue weighted by atomic mass is 32.2. The Morgan fingerprint density at radius 3 is 2.88 bits per heavy atom. The van der Waals surface area contributed by atoms with E-state index in [1.807, 2.05) is 18.2 Å². The number of thioether (sulfide) groups is 1. The lowest BCUT2D eigenvalue weighted by Crippen LogP contribution is -2.31. The number of rotatable bonds is 3. The quantitative estimate of drug-likeness (QED) is 0.404. The summed E-state index contributed by atoms with van der Waals surface area (Å²) in [4.78, 5) is 7.83. The molecule has 2 aromatic heterocycles. The van der Waals surface area contributed by atoms with Gasteiger partial charge in [0.15, 0.2) is 5.16 Å². The molecule has 4 rings (SSSR count). The number of H-pyrrole nitrogens is 1. The SMILES string of the molecule is CC1(C)Cc2oc3[nH]c(SCc4ccccc4)nc(=S)c3c2CO1. The van der Waals surface area contributed by atoms with E-state index in [2.05, 4.69) is 35.9 Å². The Balaban J connectivity index is 1.67. The molecule has 1 N–H and O–H groups in total. The molecular formula is C18H18N2O2S2. The van der Waals surface area contributed by atoms with Crippen LogP contribution < -0.4 is 0 Å². The first-order valence-corrected chi connectivity index (χ1v) is 9.26. The van der Waals surface area contributed by atoms with Gasteiger partial charge in [-0.1, -0.05) is 54.3 Å². The average Bonchev–Trinajstić information content (AvgIpc) is 2.90. The highest BCUT2D eigenvalue weighted by Gasteiger charge is 2.31. The summed E-state index contributed by atoms with van der Waals surface area (Å²) in [6, 6.07) is 10.3. The fourth-order valence-electron chi connectivity index (χ4n) is 2.89. The lowest BCUT2D eigenvalue weighted by molar-refractivity contribution is -0.0440. The molecule has 0 saturated carbocycles. The van der Waals surface area contributed by atoms with Crippen molar-refractivity contribution < 1.29 is 9.15 Å². The molecule has 0 fully saturated rings. The summed E-state index contributed by atoms with van der Waals surface area (Å²) in [6.45, 7) is 4.66. The van der Waals surface area contributed by atoms with Crippen LogP contribution >= 0.6 is 24.0 Å².